The number of nitrogen functional groups attached to an aromatic ring is 1. The largest absolute Gasteiger partial charge is 0.398 e. The van der Waals surface area contributed by atoms with Crippen LogP contribution in [0.15, 0.2) is 51.8 Å². The smallest absolute Gasteiger partial charge is 0.0574 e. The number of nitrogens with two attached hydrogens (primary N) is 1. The molecule has 0 amide bonds. The third-order valence-electron chi connectivity index (χ3n) is 3.38. The van der Waals surface area contributed by atoms with Crippen LogP contribution in [0.1, 0.15) is 31.9 Å². The van der Waals surface area contributed by atoms with Crippen LogP contribution in [0.2, 0.25) is 0 Å². The summed E-state index contributed by atoms with van der Waals surface area (Å²) in [6.45, 7) is 6.51. The standard InChI is InChI=1S/C17H20BrNOS/c1-17(2,3)13-7-9-14(10-8-13)21(20)11-12-5-4-6-15(19)16(12)18/h4-10H,11,19H2,1-3H3. The van der Waals surface area contributed by atoms with Gasteiger partial charge in [0, 0.05) is 15.1 Å². The van der Waals surface area contributed by atoms with Crippen molar-refractivity contribution in [3.8, 4) is 0 Å². The average Bonchev–Trinajstić information content (AvgIpc) is 2.43. The van der Waals surface area contributed by atoms with Gasteiger partial charge in [-0.3, -0.25) is 4.21 Å². The second-order valence-electron chi connectivity index (χ2n) is 6.08. The van der Waals surface area contributed by atoms with Crippen molar-refractivity contribution in [1.29, 1.82) is 0 Å². The van der Waals surface area contributed by atoms with Gasteiger partial charge in [0.2, 0.25) is 0 Å². The lowest BCUT2D eigenvalue weighted by Gasteiger charge is -2.19. The van der Waals surface area contributed by atoms with Gasteiger partial charge in [0.05, 0.1) is 16.6 Å². The maximum Gasteiger partial charge on any atom is 0.0574 e. The molecule has 0 aliphatic rings. The molecule has 4 heteroatoms. The Balaban J connectivity index is 2.19. The summed E-state index contributed by atoms with van der Waals surface area (Å²) in [5.74, 6) is 0.459. The maximum absolute atomic E-state index is 12.5. The molecule has 0 aliphatic carbocycles. The third-order valence-corrected chi connectivity index (χ3v) is 5.72. The third kappa shape index (κ3) is 3.95. The van der Waals surface area contributed by atoms with Crippen LogP contribution in [0.3, 0.4) is 0 Å². The molecule has 0 aliphatic heterocycles. The van der Waals surface area contributed by atoms with E-state index in [1.54, 1.807) is 0 Å². The van der Waals surface area contributed by atoms with Crippen LogP contribution in [0.25, 0.3) is 0 Å². The molecule has 2 N–H and O–H groups in total. The summed E-state index contributed by atoms with van der Waals surface area (Å²) >= 11 is 3.46. The fraction of sp³-hybridized carbons (Fsp3) is 0.294. The van der Waals surface area contributed by atoms with E-state index < -0.39 is 10.8 Å². The van der Waals surface area contributed by atoms with Crippen LogP contribution >= 0.6 is 15.9 Å². The van der Waals surface area contributed by atoms with Gasteiger partial charge in [-0.1, -0.05) is 45.0 Å². The first-order valence-electron chi connectivity index (χ1n) is 6.81. The summed E-state index contributed by atoms with van der Waals surface area (Å²) in [7, 11) is -1.07. The summed E-state index contributed by atoms with van der Waals surface area (Å²) < 4.78 is 13.3. The number of halogens is 1. The van der Waals surface area contributed by atoms with Crippen molar-refractivity contribution in [1.82, 2.24) is 0 Å². The SMILES string of the molecule is CC(C)(C)c1ccc(S(=O)Cc2cccc(N)c2Br)cc1. The first-order valence-corrected chi connectivity index (χ1v) is 8.92. The molecule has 0 fully saturated rings. The highest BCUT2D eigenvalue weighted by Gasteiger charge is 2.14. The molecule has 1 unspecified atom stereocenters. The van der Waals surface area contributed by atoms with Gasteiger partial charge in [0.25, 0.3) is 0 Å². The molecule has 0 radical (unpaired) electrons. The first-order chi connectivity index (χ1) is 9.79. The van der Waals surface area contributed by atoms with Gasteiger partial charge in [-0.25, -0.2) is 0 Å². The molecule has 21 heavy (non-hydrogen) atoms. The van der Waals surface area contributed by atoms with Gasteiger partial charge in [-0.15, -0.1) is 0 Å². The molecule has 1 atom stereocenters. The van der Waals surface area contributed by atoms with Crippen LogP contribution in [0.5, 0.6) is 0 Å². The summed E-state index contributed by atoms with van der Waals surface area (Å²) in [4.78, 5) is 0.845. The van der Waals surface area contributed by atoms with E-state index in [2.05, 4.69) is 48.8 Å². The lowest BCUT2D eigenvalue weighted by atomic mass is 9.87. The second kappa shape index (κ2) is 6.32. The van der Waals surface area contributed by atoms with E-state index >= 15 is 0 Å². The molecule has 112 valence electrons. The van der Waals surface area contributed by atoms with E-state index in [1.807, 2.05) is 30.3 Å². The molecule has 0 bridgehead atoms. The van der Waals surface area contributed by atoms with Gasteiger partial charge in [-0.2, -0.15) is 0 Å². The van der Waals surface area contributed by atoms with Crippen molar-refractivity contribution in [2.45, 2.75) is 36.8 Å². The van der Waals surface area contributed by atoms with Crippen molar-refractivity contribution in [2.24, 2.45) is 0 Å². The van der Waals surface area contributed by atoms with Crippen molar-refractivity contribution >= 4 is 32.4 Å². The highest BCUT2D eigenvalue weighted by Crippen LogP contribution is 2.27. The van der Waals surface area contributed by atoms with Crippen LogP contribution in [-0.2, 0) is 22.0 Å². The molecular weight excluding hydrogens is 346 g/mol. The quantitative estimate of drug-likeness (QED) is 0.805. The molecule has 2 aromatic carbocycles. The van der Waals surface area contributed by atoms with Gasteiger partial charge in [0.1, 0.15) is 0 Å². The summed E-state index contributed by atoms with van der Waals surface area (Å²) in [5.41, 5.74) is 8.85. The minimum absolute atomic E-state index is 0.108. The Kier molecular flexibility index (Phi) is 4.89. The Bertz CT molecular complexity index is 659. The average molecular weight is 366 g/mol. The second-order valence-corrected chi connectivity index (χ2v) is 8.33. The van der Waals surface area contributed by atoms with Gasteiger partial charge in [0.15, 0.2) is 0 Å². The molecule has 0 spiro atoms. The normalized spacial score (nSPS) is 13.1. The van der Waals surface area contributed by atoms with E-state index in [4.69, 9.17) is 5.73 Å². The van der Waals surface area contributed by atoms with Crippen molar-refractivity contribution < 1.29 is 4.21 Å². The van der Waals surface area contributed by atoms with Crippen LogP contribution in [-0.4, -0.2) is 4.21 Å². The fourth-order valence-electron chi connectivity index (χ4n) is 2.04. The Morgan fingerprint density at radius 2 is 1.71 bits per heavy atom. The lowest BCUT2D eigenvalue weighted by Crippen LogP contribution is -2.10. The number of hydrogen-bond donors (Lipinski definition) is 1. The molecule has 0 saturated carbocycles. The Morgan fingerprint density at radius 3 is 2.29 bits per heavy atom. The van der Waals surface area contributed by atoms with Crippen LogP contribution < -0.4 is 5.73 Å². The highest BCUT2D eigenvalue weighted by molar-refractivity contribution is 9.10. The number of anilines is 1. The molecule has 0 saturated heterocycles. The predicted molar refractivity (Wildman–Crippen MR) is 93.8 cm³/mol. The Morgan fingerprint density at radius 1 is 1.10 bits per heavy atom. The maximum atomic E-state index is 12.5. The molecule has 2 aromatic rings. The summed E-state index contributed by atoms with van der Waals surface area (Å²) in [5, 5.41) is 0. The fourth-order valence-corrected chi connectivity index (χ4v) is 3.76. The van der Waals surface area contributed by atoms with Crippen LogP contribution in [0.4, 0.5) is 5.69 Å². The summed E-state index contributed by atoms with van der Waals surface area (Å²) in [6, 6.07) is 13.7. The number of rotatable bonds is 3. The monoisotopic (exact) mass is 365 g/mol. The zero-order valence-corrected chi connectivity index (χ0v) is 14.9. The predicted octanol–water partition coefficient (Wildman–Crippen LogP) is 4.64. The number of benzene rings is 2. The van der Waals surface area contributed by atoms with Crippen molar-refractivity contribution in [3.63, 3.8) is 0 Å². The topological polar surface area (TPSA) is 43.1 Å². The molecule has 0 aromatic heterocycles. The Labute approximate surface area is 137 Å². The van der Waals surface area contributed by atoms with E-state index in [0.717, 1.165) is 14.9 Å². The molecule has 2 nitrogen and oxygen atoms in total. The van der Waals surface area contributed by atoms with E-state index in [0.29, 0.717) is 11.4 Å². The van der Waals surface area contributed by atoms with Gasteiger partial charge >= 0.3 is 0 Å². The minimum atomic E-state index is -1.07. The van der Waals surface area contributed by atoms with Crippen molar-refractivity contribution in [2.75, 3.05) is 5.73 Å². The summed E-state index contributed by atoms with van der Waals surface area (Å²) in [6.07, 6.45) is 0. The van der Waals surface area contributed by atoms with E-state index in [9.17, 15) is 4.21 Å². The zero-order valence-electron chi connectivity index (χ0n) is 12.5. The number of hydrogen-bond acceptors (Lipinski definition) is 2. The molecule has 2 rings (SSSR count). The van der Waals surface area contributed by atoms with E-state index in [-0.39, 0.29) is 5.41 Å². The highest BCUT2D eigenvalue weighted by atomic mass is 79.9. The van der Waals surface area contributed by atoms with Crippen molar-refractivity contribution in [3.05, 3.63) is 58.1 Å². The lowest BCUT2D eigenvalue weighted by molar-refractivity contribution is 0.589. The Hall–Kier alpha value is -1.13. The van der Waals surface area contributed by atoms with Crippen LogP contribution in [0, 0.1) is 0 Å². The van der Waals surface area contributed by atoms with E-state index in [1.165, 1.54) is 5.56 Å². The molecule has 0 heterocycles. The van der Waals surface area contributed by atoms with Gasteiger partial charge in [-0.05, 0) is 50.7 Å². The first kappa shape index (κ1) is 16.2. The molecular formula is C17H20BrNOS. The minimum Gasteiger partial charge on any atom is -0.398 e. The van der Waals surface area contributed by atoms with Gasteiger partial charge < -0.3 is 5.73 Å². The zero-order chi connectivity index (χ0) is 15.6.